The summed E-state index contributed by atoms with van der Waals surface area (Å²) >= 11 is 0. The molecule has 10 heteroatoms. The summed E-state index contributed by atoms with van der Waals surface area (Å²) in [6.07, 6.45) is -0.757. The summed E-state index contributed by atoms with van der Waals surface area (Å²) in [4.78, 5) is 23.9. The predicted molar refractivity (Wildman–Crippen MR) is 135 cm³/mol. The van der Waals surface area contributed by atoms with Crippen molar-refractivity contribution in [1.82, 2.24) is 9.62 Å². The SMILES string of the molecule is CC(C)CCN(C[C@@H](O)[C@H](Cc1ccccc1)NC(=O)[C@@H](N)CC(N)=O)S(=O)(=O)c1ccccc1. The number of carbonyl (C=O) groups excluding carboxylic acids is 2. The van der Waals surface area contributed by atoms with E-state index in [0.717, 1.165) is 5.56 Å². The van der Waals surface area contributed by atoms with Gasteiger partial charge >= 0.3 is 0 Å². The standard InChI is InChI=1S/C25H36N4O5S/c1-18(2)13-14-29(35(33,34)20-11-7-4-8-12-20)17-23(30)22(15-19-9-5-3-6-10-19)28-25(32)21(26)16-24(27)31/h3-12,18,21-23,30H,13-17,26H2,1-2H3,(H2,27,31)(H,28,32)/t21-,22-,23+/m0/s1. The van der Waals surface area contributed by atoms with Gasteiger partial charge in [-0.15, -0.1) is 0 Å². The molecule has 0 aromatic heterocycles. The number of primary amides is 1. The zero-order valence-corrected chi connectivity index (χ0v) is 21.0. The second-order valence-electron chi connectivity index (χ2n) is 9.01. The molecule has 0 saturated heterocycles. The maximum absolute atomic E-state index is 13.4. The zero-order valence-electron chi connectivity index (χ0n) is 20.2. The summed E-state index contributed by atoms with van der Waals surface area (Å²) in [7, 11) is -3.88. The minimum absolute atomic E-state index is 0.128. The van der Waals surface area contributed by atoms with Crippen molar-refractivity contribution in [2.75, 3.05) is 13.1 Å². The van der Waals surface area contributed by atoms with E-state index in [2.05, 4.69) is 5.32 Å². The molecular weight excluding hydrogens is 468 g/mol. The van der Waals surface area contributed by atoms with Crippen molar-refractivity contribution in [3.63, 3.8) is 0 Å². The van der Waals surface area contributed by atoms with Gasteiger partial charge in [-0.3, -0.25) is 9.59 Å². The van der Waals surface area contributed by atoms with E-state index >= 15 is 0 Å². The molecule has 0 aliphatic rings. The Morgan fingerprint density at radius 1 is 1.03 bits per heavy atom. The Morgan fingerprint density at radius 2 is 1.60 bits per heavy atom. The van der Waals surface area contributed by atoms with Crippen LogP contribution >= 0.6 is 0 Å². The number of benzene rings is 2. The van der Waals surface area contributed by atoms with Gasteiger partial charge in [-0.05, 0) is 36.5 Å². The maximum Gasteiger partial charge on any atom is 0.243 e. The molecule has 192 valence electrons. The quantitative estimate of drug-likeness (QED) is 0.301. The molecule has 0 fully saturated rings. The van der Waals surface area contributed by atoms with E-state index < -0.39 is 40.0 Å². The lowest BCUT2D eigenvalue weighted by Gasteiger charge is -2.30. The molecule has 35 heavy (non-hydrogen) atoms. The van der Waals surface area contributed by atoms with Crippen LogP contribution in [0.3, 0.4) is 0 Å². The number of hydrogen-bond donors (Lipinski definition) is 4. The number of nitrogens with one attached hydrogen (secondary N) is 1. The van der Waals surface area contributed by atoms with Gasteiger partial charge in [-0.2, -0.15) is 4.31 Å². The van der Waals surface area contributed by atoms with Crippen LogP contribution in [0.5, 0.6) is 0 Å². The largest absolute Gasteiger partial charge is 0.390 e. The molecule has 0 radical (unpaired) electrons. The van der Waals surface area contributed by atoms with Crippen LogP contribution in [0.2, 0.25) is 0 Å². The van der Waals surface area contributed by atoms with Gasteiger partial charge in [-0.1, -0.05) is 62.4 Å². The van der Waals surface area contributed by atoms with Crippen LogP contribution in [0, 0.1) is 5.92 Å². The number of aliphatic hydroxyl groups is 1. The third-order valence-corrected chi connectivity index (χ3v) is 7.46. The van der Waals surface area contributed by atoms with Crippen LogP contribution in [0.4, 0.5) is 0 Å². The number of carbonyl (C=O) groups is 2. The lowest BCUT2D eigenvalue weighted by atomic mass is 10.00. The zero-order chi connectivity index (χ0) is 26.0. The molecule has 0 bridgehead atoms. The molecule has 3 atom stereocenters. The third kappa shape index (κ3) is 9.06. The molecule has 0 aliphatic heterocycles. The monoisotopic (exact) mass is 504 g/mol. The Bertz CT molecular complexity index is 1050. The van der Waals surface area contributed by atoms with Gasteiger partial charge in [0, 0.05) is 13.1 Å². The fraction of sp³-hybridized carbons (Fsp3) is 0.440. The lowest BCUT2D eigenvalue weighted by Crippen LogP contribution is -2.54. The maximum atomic E-state index is 13.4. The fourth-order valence-electron chi connectivity index (χ4n) is 3.54. The Morgan fingerprint density at radius 3 is 2.14 bits per heavy atom. The second kappa shape index (κ2) is 13.3. The smallest absolute Gasteiger partial charge is 0.243 e. The van der Waals surface area contributed by atoms with Gasteiger partial charge < -0.3 is 21.9 Å². The molecule has 0 spiro atoms. The topological polar surface area (TPSA) is 156 Å². The Labute approximate surface area is 207 Å². The van der Waals surface area contributed by atoms with E-state index in [-0.39, 0.29) is 36.7 Å². The highest BCUT2D eigenvalue weighted by Gasteiger charge is 2.31. The number of aliphatic hydroxyl groups excluding tert-OH is 1. The molecule has 2 aromatic carbocycles. The highest BCUT2D eigenvalue weighted by atomic mass is 32.2. The first-order chi connectivity index (χ1) is 16.5. The lowest BCUT2D eigenvalue weighted by molar-refractivity contribution is -0.127. The minimum Gasteiger partial charge on any atom is -0.390 e. The van der Waals surface area contributed by atoms with Gasteiger partial charge in [0.1, 0.15) is 0 Å². The molecule has 0 unspecified atom stereocenters. The van der Waals surface area contributed by atoms with E-state index in [0.29, 0.717) is 6.42 Å². The average Bonchev–Trinajstić information content (AvgIpc) is 2.81. The van der Waals surface area contributed by atoms with Crippen molar-refractivity contribution in [2.24, 2.45) is 17.4 Å². The van der Waals surface area contributed by atoms with E-state index in [1.807, 2.05) is 44.2 Å². The Hall–Kier alpha value is -2.79. The second-order valence-corrected chi connectivity index (χ2v) is 10.9. The summed E-state index contributed by atoms with van der Waals surface area (Å²) in [6, 6.07) is 15.2. The van der Waals surface area contributed by atoms with E-state index in [1.54, 1.807) is 18.2 Å². The van der Waals surface area contributed by atoms with Crippen LogP contribution in [0.25, 0.3) is 0 Å². The van der Waals surface area contributed by atoms with Gasteiger partial charge in [0.25, 0.3) is 0 Å². The summed E-state index contributed by atoms with van der Waals surface area (Å²) in [5.74, 6) is -1.13. The van der Waals surface area contributed by atoms with Crippen molar-refractivity contribution < 1.29 is 23.1 Å². The first kappa shape index (κ1) is 28.4. The number of hydrogen-bond acceptors (Lipinski definition) is 6. The van der Waals surface area contributed by atoms with Gasteiger partial charge in [0.05, 0.1) is 29.5 Å². The van der Waals surface area contributed by atoms with Crippen LogP contribution in [0.15, 0.2) is 65.6 Å². The van der Waals surface area contributed by atoms with Crippen molar-refractivity contribution in [1.29, 1.82) is 0 Å². The molecule has 6 N–H and O–H groups in total. The number of amides is 2. The number of rotatable bonds is 14. The highest BCUT2D eigenvalue weighted by Crippen LogP contribution is 2.19. The summed E-state index contributed by atoms with van der Waals surface area (Å²) in [6.45, 7) is 3.95. The number of sulfonamides is 1. The molecular formula is C25H36N4O5S. The van der Waals surface area contributed by atoms with Crippen molar-refractivity contribution in [3.8, 4) is 0 Å². The number of nitrogens with two attached hydrogens (primary N) is 2. The highest BCUT2D eigenvalue weighted by molar-refractivity contribution is 7.89. The van der Waals surface area contributed by atoms with Crippen molar-refractivity contribution in [3.05, 3.63) is 66.2 Å². The van der Waals surface area contributed by atoms with Crippen LogP contribution in [-0.2, 0) is 26.0 Å². The summed E-state index contributed by atoms with van der Waals surface area (Å²) in [5.41, 5.74) is 11.8. The Balaban J connectivity index is 2.30. The molecule has 2 aromatic rings. The normalized spacial score (nSPS) is 14.5. The molecule has 0 heterocycles. The molecule has 2 rings (SSSR count). The third-order valence-electron chi connectivity index (χ3n) is 5.58. The first-order valence-corrected chi connectivity index (χ1v) is 13.1. The van der Waals surface area contributed by atoms with Crippen molar-refractivity contribution >= 4 is 21.8 Å². The molecule has 2 amide bonds. The van der Waals surface area contributed by atoms with Crippen LogP contribution in [0.1, 0.15) is 32.3 Å². The van der Waals surface area contributed by atoms with Gasteiger partial charge in [-0.25, -0.2) is 8.42 Å². The van der Waals surface area contributed by atoms with E-state index in [4.69, 9.17) is 11.5 Å². The molecule has 0 aliphatic carbocycles. The van der Waals surface area contributed by atoms with Gasteiger partial charge in [0.15, 0.2) is 0 Å². The average molecular weight is 505 g/mol. The minimum atomic E-state index is -3.88. The number of nitrogens with zero attached hydrogens (tertiary/aromatic N) is 1. The predicted octanol–water partition coefficient (Wildman–Crippen LogP) is 1.01. The van der Waals surface area contributed by atoms with E-state index in [9.17, 15) is 23.1 Å². The molecule has 0 saturated carbocycles. The van der Waals surface area contributed by atoms with Crippen molar-refractivity contribution in [2.45, 2.75) is 56.2 Å². The first-order valence-electron chi connectivity index (χ1n) is 11.6. The molecule has 9 nitrogen and oxygen atoms in total. The van der Waals surface area contributed by atoms with Gasteiger partial charge in [0.2, 0.25) is 21.8 Å². The summed E-state index contributed by atoms with van der Waals surface area (Å²) < 4.78 is 28.0. The van der Waals surface area contributed by atoms with E-state index in [1.165, 1.54) is 16.4 Å². The fourth-order valence-corrected chi connectivity index (χ4v) is 5.03. The summed E-state index contributed by atoms with van der Waals surface area (Å²) in [5, 5.41) is 13.9. The Kier molecular flexibility index (Phi) is 10.8. The van der Waals surface area contributed by atoms with Crippen LogP contribution in [-0.4, -0.2) is 60.9 Å². The van der Waals surface area contributed by atoms with Crippen LogP contribution < -0.4 is 16.8 Å².